The summed E-state index contributed by atoms with van der Waals surface area (Å²) in [5.74, 6) is 0. The number of hydrogen-bond acceptors (Lipinski definition) is 1. The van der Waals surface area contributed by atoms with Crippen molar-refractivity contribution in [2.24, 2.45) is 11.1 Å². The first kappa shape index (κ1) is 15.2. The molecule has 0 aromatic heterocycles. The first-order valence-electron chi connectivity index (χ1n) is 7.29. The topological polar surface area (TPSA) is 26.0 Å². The fraction of sp³-hybridized carbons (Fsp3) is 0.625. The fourth-order valence-electron chi connectivity index (χ4n) is 3.37. The average Bonchev–Trinajstić information content (AvgIpc) is 2.41. The van der Waals surface area contributed by atoms with E-state index >= 15 is 0 Å². The largest absolute Gasteiger partial charge is 0.330 e. The zero-order valence-electron chi connectivity index (χ0n) is 11.4. The normalized spacial score (nSPS) is 18.5. The van der Waals surface area contributed by atoms with Crippen LogP contribution in [0.2, 0.25) is 10.0 Å². The van der Waals surface area contributed by atoms with E-state index in [1.807, 2.05) is 18.2 Å². The highest BCUT2D eigenvalue weighted by Gasteiger charge is 2.30. The Morgan fingerprint density at radius 3 is 2.47 bits per heavy atom. The summed E-state index contributed by atoms with van der Waals surface area (Å²) in [5.41, 5.74) is 7.44. The average molecular weight is 300 g/mol. The molecule has 3 heteroatoms. The van der Waals surface area contributed by atoms with Crippen molar-refractivity contribution in [2.45, 2.75) is 51.4 Å². The summed E-state index contributed by atoms with van der Waals surface area (Å²) < 4.78 is 0. The number of halogens is 2. The highest BCUT2D eigenvalue weighted by molar-refractivity contribution is 6.33. The van der Waals surface area contributed by atoms with E-state index in [0.717, 1.165) is 29.4 Å². The van der Waals surface area contributed by atoms with E-state index in [9.17, 15) is 0 Å². The van der Waals surface area contributed by atoms with Gasteiger partial charge in [-0.15, -0.1) is 0 Å². The summed E-state index contributed by atoms with van der Waals surface area (Å²) in [6.07, 6.45) is 10.1. The van der Waals surface area contributed by atoms with Crippen molar-refractivity contribution < 1.29 is 0 Å². The lowest BCUT2D eigenvalue weighted by Crippen LogP contribution is -2.28. The van der Waals surface area contributed by atoms with Crippen LogP contribution >= 0.6 is 23.2 Å². The summed E-state index contributed by atoms with van der Waals surface area (Å²) in [6.45, 7) is 0.795. The molecule has 1 aromatic rings. The van der Waals surface area contributed by atoms with Gasteiger partial charge in [-0.05, 0) is 67.8 Å². The molecule has 0 bridgehead atoms. The number of aryl methyl sites for hydroxylation is 1. The molecule has 1 aliphatic rings. The molecule has 0 heterocycles. The molecule has 1 aliphatic carbocycles. The molecular weight excluding hydrogens is 277 g/mol. The van der Waals surface area contributed by atoms with Crippen LogP contribution in [0.5, 0.6) is 0 Å². The first-order valence-corrected chi connectivity index (χ1v) is 8.05. The molecule has 0 spiro atoms. The first-order chi connectivity index (χ1) is 9.15. The monoisotopic (exact) mass is 299 g/mol. The molecule has 1 saturated carbocycles. The van der Waals surface area contributed by atoms with Gasteiger partial charge in [0.15, 0.2) is 0 Å². The van der Waals surface area contributed by atoms with E-state index in [1.165, 1.54) is 44.1 Å². The van der Waals surface area contributed by atoms with Gasteiger partial charge in [-0.2, -0.15) is 0 Å². The lowest BCUT2D eigenvalue weighted by Gasteiger charge is -2.37. The van der Waals surface area contributed by atoms with Crippen LogP contribution in [0.4, 0.5) is 0 Å². The molecule has 1 fully saturated rings. The summed E-state index contributed by atoms with van der Waals surface area (Å²) in [5, 5.41) is 1.61. The number of nitrogens with two attached hydrogens (primary N) is 1. The smallest absolute Gasteiger partial charge is 0.0439 e. The summed E-state index contributed by atoms with van der Waals surface area (Å²) in [4.78, 5) is 0. The second kappa shape index (κ2) is 6.97. The van der Waals surface area contributed by atoms with Gasteiger partial charge in [0.1, 0.15) is 0 Å². The molecule has 0 atom stereocenters. The van der Waals surface area contributed by atoms with Gasteiger partial charge in [-0.3, -0.25) is 0 Å². The van der Waals surface area contributed by atoms with Gasteiger partial charge < -0.3 is 5.73 Å². The SMILES string of the molecule is NCCC1(CCc2cc(Cl)ccc2Cl)CCCCC1. The van der Waals surface area contributed by atoms with Gasteiger partial charge in [0, 0.05) is 10.0 Å². The molecule has 0 radical (unpaired) electrons. The van der Waals surface area contributed by atoms with Crippen molar-refractivity contribution in [1.82, 2.24) is 0 Å². The van der Waals surface area contributed by atoms with Gasteiger partial charge in [0.2, 0.25) is 0 Å². The van der Waals surface area contributed by atoms with E-state index in [0.29, 0.717) is 5.41 Å². The molecule has 0 amide bonds. The van der Waals surface area contributed by atoms with Crippen LogP contribution in [0.25, 0.3) is 0 Å². The minimum absolute atomic E-state index is 0.443. The number of hydrogen-bond donors (Lipinski definition) is 1. The van der Waals surface area contributed by atoms with Crippen molar-refractivity contribution >= 4 is 23.2 Å². The molecule has 2 rings (SSSR count). The van der Waals surface area contributed by atoms with Crippen LogP contribution in [-0.4, -0.2) is 6.54 Å². The highest BCUT2D eigenvalue weighted by atomic mass is 35.5. The van der Waals surface area contributed by atoms with Crippen molar-refractivity contribution in [3.05, 3.63) is 33.8 Å². The Morgan fingerprint density at radius 2 is 1.79 bits per heavy atom. The Kier molecular flexibility index (Phi) is 5.56. The third kappa shape index (κ3) is 4.11. The number of benzene rings is 1. The predicted molar refractivity (Wildman–Crippen MR) is 84.0 cm³/mol. The Hall–Kier alpha value is -0.240. The Labute approximate surface area is 126 Å². The lowest BCUT2D eigenvalue weighted by molar-refractivity contribution is 0.161. The predicted octanol–water partition coefficient (Wildman–Crippen LogP) is 5.23. The number of rotatable bonds is 5. The van der Waals surface area contributed by atoms with Crippen molar-refractivity contribution in [3.63, 3.8) is 0 Å². The third-order valence-electron chi connectivity index (χ3n) is 4.52. The minimum atomic E-state index is 0.443. The zero-order valence-corrected chi connectivity index (χ0v) is 12.9. The molecule has 1 nitrogen and oxygen atoms in total. The van der Waals surface area contributed by atoms with Crippen LogP contribution in [0, 0.1) is 5.41 Å². The summed E-state index contributed by atoms with van der Waals surface area (Å²) >= 11 is 12.3. The molecule has 2 N–H and O–H groups in total. The highest BCUT2D eigenvalue weighted by Crippen LogP contribution is 2.43. The van der Waals surface area contributed by atoms with Gasteiger partial charge in [-0.25, -0.2) is 0 Å². The fourth-order valence-corrected chi connectivity index (χ4v) is 3.77. The van der Waals surface area contributed by atoms with Crippen LogP contribution in [-0.2, 0) is 6.42 Å². The molecule has 0 saturated heterocycles. The van der Waals surface area contributed by atoms with Crippen LogP contribution in [0.1, 0.15) is 50.5 Å². The van der Waals surface area contributed by atoms with Gasteiger partial charge in [-0.1, -0.05) is 42.5 Å². The van der Waals surface area contributed by atoms with Gasteiger partial charge >= 0.3 is 0 Å². The van der Waals surface area contributed by atoms with E-state index in [2.05, 4.69) is 0 Å². The van der Waals surface area contributed by atoms with E-state index < -0.39 is 0 Å². The molecule has 0 aliphatic heterocycles. The molecule has 1 aromatic carbocycles. The van der Waals surface area contributed by atoms with Crippen LogP contribution in [0.3, 0.4) is 0 Å². The maximum atomic E-state index is 6.25. The second-order valence-electron chi connectivity index (χ2n) is 5.84. The third-order valence-corrected chi connectivity index (χ3v) is 5.13. The molecule has 0 unspecified atom stereocenters. The zero-order chi connectivity index (χ0) is 13.7. The quantitative estimate of drug-likeness (QED) is 0.792. The van der Waals surface area contributed by atoms with Crippen LogP contribution < -0.4 is 5.73 Å². The van der Waals surface area contributed by atoms with E-state index in [4.69, 9.17) is 28.9 Å². The van der Waals surface area contributed by atoms with E-state index in [1.54, 1.807) is 0 Å². The minimum Gasteiger partial charge on any atom is -0.330 e. The Morgan fingerprint density at radius 1 is 1.05 bits per heavy atom. The Bertz CT molecular complexity index is 406. The molecule has 19 heavy (non-hydrogen) atoms. The van der Waals surface area contributed by atoms with Crippen LogP contribution in [0.15, 0.2) is 18.2 Å². The second-order valence-corrected chi connectivity index (χ2v) is 6.68. The lowest BCUT2D eigenvalue weighted by atomic mass is 9.68. The maximum absolute atomic E-state index is 6.25. The Balaban J connectivity index is 2.03. The van der Waals surface area contributed by atoms with Gasteiger partial charge in [0.05, 0.1) is 0 Å². The maximum Gasteiger partial charge on any atom is 0.0439 e. The summed E-state index contributed by atoms with van der Waals surface area (Å²) in [6, 6.07) is 5.75. The van der Waals surface area contributed by atoms with E-state index in [-0.39, 0.29) is 0 Å². The molecule has 106 valence electrons. The van der Waals surface area contributed by atoms with Gasteiger partial charge in [0.25, 0.3) is 0 Å². The standard InChI is InChI=1S/C16H23Cl2N/c17-14-4-5-15(18)13(12-14)6-9-16(10-11-19)7-2-1-3-8-16/h4-5,12H,1-3,6-11,19H2. The van der Waals surface area contributed by atoms with Crippen molar-refractivity contribution in [2.75, 3.05) is 6.54 Å². The summed E-state index contributed by atoms with van der Waals surface area (Å²) in [7, 11) is 0. The van der Waals surface area contributed by atoms with Crippen molar-refractivity contribution in [1.29, 1.82) is 0 Å². The van der Waals surface area contributed by atoms with Crippen molar-refractivity contribution in [3.8, 4) is 0 Å². The molecular formula is C16H23Cl2N.